The van der Waals surface area contributed by atoms with Crippen molar-refractivity contribution in [3.8, 4) is 67.5 Å². The Morgan fingerprint density at radius 3 is 0.551 bits per heavy atom. The van der Waals surface area contributed by atoms with Crippen molar-refractivity contribution in [1.29, 1.82) is 0 Å². The summed E-state index contributed by atoms with van der Waals surface area (Å²) in [6, 6.07) is 82.5. The van der Waals surface area contributed by atoms with Crippen molar-refractivity contribution in [3.63, 3.8) is 0 Å². The van der Waals surface area contributed by atoms with E-state index >= 15 is 0 Å². The molecule has 2 saturated heterocycles. The van der Waals surface area contributed by atoms with E-state index in [4.69, 9.17) is 0 Å². The van der Waals surface area contributed by atoms with Gasteiger partial charge in [-0.3, -0.25) is 0 Å². The van der Waals surface area contributed by atoms with Gasteiger partial charge in [0.05, 0.1) is 146 Å². The second-order valence-electron chi connectivity index (χ2n) is 40.4. The summed E-state index contributed by atoms with van der Waals surface area (Å²) in [5, 5.41) is 13.4. The smallest absolute Gasteiger partial charge is 0.0957 e. The molecule has 20 heteroatoms. The minimum Gasteiger partial charge on any atom is -0.372 e. The molecule has 12 aromatic heterocycles. The average Bonchev–Trinajstić information content (AvgIpc) is 1.62. The number of piperidine rings is 2. The standard InChI is InChI=1S/4C20H20N2S.2C19H19N3S/c4*1-2-4-14(5-3-1)15-6-8-16(9-7-15)19-20-17(10-11-23-20)18-12-21-13-22(18)19;2*1-2-4-15(5-3-1)21-9-6-14(7-10-21)18-19-16(8-11-23-19)17-12-20-13-22(17)18/h4*1-5,10-13,15-16,19H,6-9H2;2*1-5,8,11-14,18H,6-7,9-10H2/t4*15?,16?,19-;2*18-/m110010/s1. The van der Waals surface area contributed by atoms with Gasteiger partial charge in [-0.1, -0.05) is 158 Å². The molecule has 6 fully saturated rings. The zero-order valence-corrected chi connectivity index (χ0v) is 83.0. The number of imidazole rings is 6. The number of fused-ring (bicyclic) bond motifs is 18. The molecular weight excluding hydrogens is 1810 g/mol. The zero-order chi connectivity index (χ0) is 91.4. The molecule has 138 heavy (non-hydrogen) atoms. The van der Waals surface area contributed by atoms with E-state index in [0.29, 0.717) is 48.1 Å². The highest BCUT2D eigenvalue weighted by molar-refractivity contribution is 7.12. The molecule has 0 bridgehead atoms. The SMILES string of the molecule is c1ccc(C2CCC([C@@H]3c4sccc4-c4cncn43)CC2)cc1.c1ccc(C2CCC([C@@H]3c4sccc4-c4cncn43)CC2)cc1.c1ccc(C2CCC([C@H]3c4sccc4-c4cncn43)CC2)cc1.c1ccc(C2CCC([C@H]3c4sccc4-c4cncn43)CC2)cc1.c1ccc(N2CCC([C@@H]3c4sccc4-c4cncn43)CC2)cc1.c1ccc(N2CCC([C@H]3c4sccc4-c4cncn43)CC2)cc1. The Balaban J connectivity index is 0.0000000878. The molecule has 0 spiro atoms. The van der Waals surface area contributed by atoms with Crippen LogP contribution in [0.25, 0.3) is 67.5 Å². The van der Waals surface area contributed by atoms with Gasteiger partial charge in [0.15, 0.2) is 0 Å². The van der Waals surface area contributed by atoms with Gasteiger partial charge in [0, 0.05) is 100 Å². The number of thiophene rings is 6. The van der Waals surface area contributed by atoms with Crippen LogP contribution in [0.5, 0.6) is 0 Å². The molecule has 0 amide bonds. The molecule has 4 aliphatic carbocycles. The molecule has 0 radical (unpaired) electrons. The molecule has 696 valence electrons. The first-order chi connectivity index (χ1) is 68.5. The molecule has 8 aliphatic heterocycles. The molecular formula is C118H118N14S6. The Hall–Kier alpha value is -11.6. The van der Waals surface area contributed by atoms with Crippen LogP contribution >= 0.6 is 68.0 Å². The van der Waals surface area contributed by atoms with E-state index in [1.165, 1.54) is 230 Å². The van der Waals surface area contributed by atoms with Gasteiger partial charge in [-0.05, 0) is 303 Å². The highest BCUT2D eigenvalue weighted by Gasteiger charge is 2.45. The van der Waals surface area contributed by atoms with Crippen molar-refractivity contribution in [2.24, 2.45) is 35.5 Å². The number of para-hydroxylation sites is 2. The van der Waals surface area contributed by atoms with E-state index in [2.05, 4.69) is 318 Å². The fourth-order valence-electron chi connectivity index (χ4n) is 26.6. The molecule has 18 aromatic rings. The van der Waals surface area contributed by atoms with Crippen LogP contribution in [0.3, 0.4) is 0 Å². The average molecular weight is 1920 g/mol. The lowest BCUT2D eigenvalue weighted by atomic mass is 9.76. The Labute approximate surface area is 834 Å². The zero-order valence-electron chi connectivity index (χ0n) is 78.1. The summed E-state index contributed by atoms with van der Waals surface area (Å²) >= 11 is 11.5. The Bertz CT molecular complexity index is 5700. The summed E-state index contributed by atoms with van der Waals surface area (Å²) in [6.45, 7) is 4.59. The number of aromatic nitrogens is 12. The van der Waals surface area contributed by atoms with E-state index < -0.39 is 0 Å². The van der Waals surface area contributed by atoms with Crippen LogP contribution in [0.1, 0.15) is 240 Å². The fraction of sp³-hybridized carbons (Fsp3) is 0.339. The van der Waals surface area contributed by atoms with E-state index in [9.17, 15) is 0 Å². The molecule has 0 N–H and O–H groups in total. The lowest BCUT2D eigenvalue weighted by Crippen LogP contribution is -2.36. The summed E-state index contributed by atoms with van der Waals surface area (Å²) in [5.41, 5.74) is 25.2. The number of rotatable bonds is 12. The van der Waals surface area contributed by atoms with Gasteiger partial charge < -0.3 is 37.2 Å². The van der Waals surface area contributed by atoms with E-state index in [1.807, 2.05) is 143 Å². The molecule has 4 saturated carbocycles. The number of hydrogen-bond acceptors (Lipinski definition) is 14. The molecule has 30 rings (SSSR count). The lowest BCUT2D eigenvalue weighted by Gasteiger charge is -2.36. The summed E-state index contributed by atoms with van der Waals surface area (Å²) < 4.78 is 14.5. The highest BCUT2D eigenvalue weighted by Crippen LogP contribution is 2.58. The molecule has 6 aromatic carbocycles. The van der Waals surface area contributed by atoms with Crippen LogP contribution in [0.15, 0.2) is 326 Å². The maximum Gasteiger partial charge on any atom is 0.0957 e. The maximum atomic E-state index is 4.40. The Kier molecular flexibility index (Phi) is 25.0. The second kappa shape index (κ2) is 39.2. The van der Waals surface area contributed by atoms with Crippen LogP contribution in [0, 0.1) is 35.5 Å². The van der Waals surface area contributed by atoms with Gasteiger partial charge in [-0.2, -0.15) is 0 Å². The second-order valence-corrected chi connectivity index (χ2v) is 46.1. The predicted molar refractivity (Wildman–Crippen MR) is 569 cm³/mol. The van der Waals surface area contributed by atoms with Crippen LogP contribution < -0.4 is 9.80 Å². The number of anilines is 2. The van der Waals surface area contributed by atoms with Crippen molar-refractivity contribution < 1.29 is 0 Å². The highest BCUT2D eigenvalue weighted by atomic mass is 32.1. The Morgan fingerprint density at radius 1 is 0.188 bits per heavy atom. The van der Waals surface area contributed by atoms with Gasteiger partial charge in [0.2, 0.25) is 0 Å². The van der Waals surface area contributed by atoms with Crippen molar-refractivity contribution >= 4 is 79.4 Å². The van der Waals surface area contributed by atoms with Gasteiger partial charge in [0.25, 0.3) is 0 Å². The van der Waals surface area contributed by atoms with Crippen LogP contribution in [0.4, 0.5) is 11.4 Å². The first-order valence-corrected chi connectivity index (χ1v) is 56.1. The van der Waals surface area contributed by atoms with Crippen LogP contribution in [0.2, 0.25) is 0 Å². The van der Waals surface area contributed by atoms with Crippen LogP contribution in [-0.4, -0.2) is 83.5 Å². The normalized spacial score (nSPS) is 24.2. The third-order valence-corrected chi connectivity index (χ3v) is 39.3. The molecule has 6 atom stereocenters. The monoisotopic (exact) mass is 1920 g/mol. The van der Waals surface area contributed by atoms with Gasteiger partial charge in [-0.25, -0.2) is 29.9 Å². The first kappa shape index (κ1) is 87.9. The molecule has 12 aliphatic rings. The van der Waals surface area contributed by atoms with Crippen molar-refractivity contribution in [2.45, 2.75) is 188 Å². The summed E-state index contributed by atoms with van der Waals surface area (Å²) in [7, 11) is 0. The van der Waals surface area contributed by atoms with E-state index in [0.717, 1.165) is 73.5 Å². The van der Waals surface area contributed by atoms with Gasteiger partial charge in [-0.15, -0.1) is 68.0 Å². The Morgan fingerprint density at radius 2 is 0.362 bits per heavy atom. The summed E-state index contributed by atoms with van der Waals surface area (Å²) in [6.07, 6.45) is 50.4. The summed E-state index contributed by atoms with van der Waals surface area (Å²) in [4.78, 5) is 40.7. The maximum absolute atomic E-state index is 4.40. The minimum atomic E-state index is 0.500. The van der Waals surface area contributed by atoms with Gasteiger partial charge in [0.1, 0.15) is 0 Å². The fourth-order valence-corrected chi connectivity index (χ4v) is 33.2. The first-order valence-electron chi connectivity index (χ1n) is 50.9. The van der Waals surface area contributed by atoms with Crippen molar-refractivity contribution in [2.75, 3.05) is 36.0 Å². The number of benzene rings is 6. The number of nitrogens with zero attached hydrogens (tertiary/aromatic N) is 14. The lowest BCUT2D eigenvalue weighted by molar-refractivity contribution is 0.267. The minimum absolute atomic E-state index is 0.500. The van der Waals surface area contributed by atoms with Crippen molar-refractivity contribution in [1.82, 2.24) is 57.3 Å². The quantitative estimate of drug-likeness (QED) is 0.119. The largest absolute Gasteiger partial charge is 0.372 e. The van der Waals surface area contributed by atoms with Gasteiger partial charge >= 0.3 is 0 Å². The van der Waals surface area contributed by atoms with E-state index in [-0.39, 0.29) is 0 Å². The predicted octanol–water partition coefficient (Wildman–Crippen LogP) is 30.8. The number of hydrogen-bond donors (Lipinski definition) is 0. The molecule has 0 unspecified atom stereocenters. The molecule has 14 nitrogen and oxygen atoms in total. The third kappa shape index (κ3) is 16.7. The summed E-state index contributed by atoms with van der Waals surface area (Å²) in [5.74, 6) is 7.43. The van der Waals surface area contributed by atoms with Crippen molar-refractivity contribution in [3.05, 3.63) is 377 Å². The third-order valence-electron chi connectivity index (χ3n) is 33.4. The van der Waals surface area contributed by atoms with Crippen LogP contribution in [-0.2, 0) is 0 Å². The topological polar surface area (TPSA) is 113 Å². The molecule has 20 heterocycles. The van der Waals surface area contributed by atoms with E-state index in [1.54, 1.807) is 29.3 Å².